The molecule has 4 rings (SSSR count). The van der Waals surface area contributed by atoms with Gasteiger partial charge in [0.05, 0.1) is 31.6 Å². The van der Waals surface area contributed by atoms with Crippen LogP contribution in [0.5, 0.6) is 0 Å². The fourth-order valence-electron chi connectivity index (χ4n) is 4.25. The Bertz CT molecular complexity index is 636. The van der Waals surface area contributed by atoms with Gasteiger partial charge in [0.25, 0.3) is 0 Å². The maximum absolute atomic E-state index is 12.3. The second kappa shape index (κ2) is 7.65. The predicted octanol–water partition coefficient (Wildman–Crippen LogP) is 3.10. The van der Waals surface area contributed by atoms with Crippen LogP contribution in [0.3, 0.4) is 0 Å². The number of rotatable bonds is 6. The third-order valence-electron chi connectivity index (χ3n) is 6.12. The highest BCUT2D eigenvalue weighted by Gasteiger charge is 2.43. The summed E-state index contributed by atoms with van der Waals surface area (Å²) in [5, 5.41) is 0. The normalized spacial score (nSPS) is 25.0. The Balaban J connectivity index is 1.19. The van der Waals surface area contributed by atoms with Crippen LogP contribution in [0.1, 0.15) is 49.9 Å². The summed E-state index contributed by atoms with van der Waals surface area (Å²) in [6, 6.07) is 6.01. The molecule has 1 aromatic rings. The highest BCUT2D eigenvalue weighted by Crippen LogP contribution is 2.42. The summed E-state index contributed by atoms with van der Waals surface area (Å²) in [4.78, 5) is 18.8. The number of likely N-dealkylation sites (tertiary alicyclic amines) is 1. The lowest BCUT2D eigenvalue weighted by molar-refractivity contribution is -0.133. The van der Waals surface area contributed by atoms with Gasteiger partial charge in [0.15, 0.2) is 0 Å². The molecule has 1 amide bonds. The molecule has 3 aliphatic rings. The Morgan fingerprint density at radius 2 is 2.15 bits per heavy atom. The van der Waals surface area contributed by atoms with Gasteiger partial charge in [0.1, 0.15) is 0 Å². The van der Waals surface area contributed by atoms with Crippen LogP contribution in [0, 0.1) is 18.3 Å². The first-order valence-corrected chi connectivity index (χ1v) is 10.0. The molecule has 3 fully saturated rings. The fourth-order valence-corrected chi connectivity index (χ4v) is 4.25. The number of pyridine rings is 1. The molecule has 0 aromatic carbocycles. The first-order chi connectivity index (χ1) is 12.6. The van der Waals surface area contributed by atoms with Gasteiger partial charge >= 0.3 is 0 Å². The van der Waals surface area contributed by atoms with Crippen molar-refractivity contribution in [3.63, 3.8) is 0 Å². The molecule has 5 heteroatoms. The lowest BCUT2D eigenvalue weighted by Gasteiger charge is -2.38. The molecule has 3 heterocycles. The number of hydrogen-bond acceptors (Lipinski definition) is 4. The predicted molar refractivity (Wildman–Crippen MR) is 98.6 cm³/mol. The molecule has 26 heavy (non-hydrogen) atoms. The van der Waals surface area contributed by atoms with E-state index in [1.54, 1.807) is 0 Å². The van der Waals surface area contributed by atoms with Crippen LogP contribution >= 0.6 is 0 Å². The van der Waals surface area contributed by atoms with Crippen molar-refractivity contribution in [3.05, 3.63) is 29.6 Å². The van der Waals surface area contributed by atoms with Crippen molar-refractivity contribution in [1.29, 1.82) is 0 Å². The summed E-state index contributed by atoms with van der Waals surface area (Å²) >= 11 is 0. The SMILES string of the molecule is Cc1cccc(COCC2CC3(CCN(C(=O)CC4CC4)CC3)CO2)n1. The molecule has 2 saturated heterocycles. The van der Waals surface area contributed by atoms with Crippen LogP contribution in [-0.4, -0.2) is 48.2 Å². The van der Waals surface area contributed by atoms with Gasteiger partial charge in [-0.1, -0.05) is 6.07 Å². The number of aromatic nitrogens is 1. The Morgan fingerprint density at radius 1 is 1.35 bits per heavy atom. The van der Waals surface area contributed by atoms with Crippen molar-refractivity contribution < 1.29 is 14.3 Å². The van der Waals surface area contributed by atoms with Gasteiger partial charge in [-0.3, -0.25) is 9.78 Å². The molecular weight excluding hydrogens is 328 g/mol. The number of ether oxygens (including phenoxy) is 2. The second-order valence-electron chi connectivity index (χ2n) is 8.45. The zero-order chi connectivity index (χ0) is 18.0. The number of amides is 1. The lowest BCUT2D eigenvalue weighted by Crippen LogP contribution is -2.43. The number of nitrogens with zero attached hydrogens (tertiary/aromatic N) is 2. The molecular formula is C21H30N2O3. The number of carbonyl (C=O) groups is 1. The first-order valence-electron chi connectivity index (χ1n) is 10.0. The van der Waals surface area contributed by atoms with E-state index in [1.807, 2.05) is 25.1 Å². The molecule has 0 radical (unpaired) electrons. The monoisotopic (exact) mass is 358 g/mol. The average Bonchev–Trinajstić information content (AvgIpc) is 3.36. The first kappa shape index (κ1) is 17.9. The van der Waals surface area contributed by atoms with Gasteiger partial charge in [-0.05, 0) is 62.5 Å². The molecule has 1 aliphatic carbocycles. The molecule has 2 aliphatic heterocycles. The molecule has 0 bridgehead atoms. The molecule has 5 nitrogen and oxygen atoms in total. The number of aryl methyl sites for hydroxylation is 1. The van der Waals surface area contributed by atoms with E-state index in [9.17, 15) is 4.79 Å². The van der Waals surface area contributed by atoms with Crippen LogP contribution in [0.25, 0.3) is 0 Å². The highest BCUT2D eigenvalue weighted by molar-refractivity contribution is 5.76. The molecule has 142 valence electrons. The standard InChI is InChI=1S/C21H30N2O3/c1-16-3-2-4-18(22-16)13-25-14-19-12-21(15-26-19)7-9-23(10-8-21)20(24)11-17-5-6-17/h2-4,17,19H,5-15H2,1H3. The molecule has 1 spiro atoms. The van der Waals surface area contributed by atoms with Crippen LogP contribution in [0.15, 0.2) is 18.2 Å². The van der Waals surface area contributed by atoms with Crippen molar-refractivity contribution in [2.45, 2.75) is 58.2 Å². The van der Waals surface area contributed by atoms with Crippen LogP contribution in [-0.2, 0) is 20.9 Å². The van der Waals surface area contributed by atoms with Gasteiger partial charge < -0.3 is 14.4 Å². The largest absolute Gasteiger partial charge is 0.375 e. The summed E-state index contributed by atoms with van der Waals surface area (Å²) in [7, 11) is 0. The van der Waals surface area contributed by atoms with Gasteiger partial charge in [0.2, 0.25) is 5.91 Å². The van der Waals surface area contributed by atoms with Gasteiger partial charge in [0, 0.05) is 25.2 Å². The van der Waals surface area contributed by atoms with E-state index in [2.05, 4.69) is 9.88 Å². The second-order valence-corrected chi connectivity index (χ2v) is 8.45. The van der Waals surface area contributed by atoms with Crippen molar-refractivity contribution >= 4 is 5.91 Å². The number of piperidine rings is 1. The van der Waals surface area contributed by atoms with Crippen molar-refractivity contribution in [2.75, 3.05) is 26.3 Å². The van der Waals surface area contributed by atoms with Crippen LogP contribution in [0.4, 0.5) is 0 Å². The Labute approximate surface area is 156 Å². The Morgan fingerprint density at radius 3 is 2.88 bits per heavy atom. The van der Waals surface area contributed by atoms with Crippen molar-refractivity contribution in [2.24, 2.45) is 11.3 Å². The maximum Gasteiger partial charge on any atom is 0.222 e. The molecule has 1 aromatic heterocycles. The maximum atomic E-state index is 12.3. The summed E-state index contributed by atoms with van der Waals surface area (Å²) in [5.74, 6) is 1.05. The minimum Gasteiger partial charge on any atom is -0.375 e. The van der Waals surface area contributed by atoms with Gasteiger partial charge in [-0.25, -0.2) is 0 Å². The van der Waals surface area contributed by atoms with E-state index in [0.717, 1.165) is 56.8 Å². The van der Waals surface area contributed by atoms with Crippen LogP contribution in [0.2, 0.25) is 0 Å². The van der Waals surface area contributed by atoms with Gasteiger partial charge in [-0.15, -0.1) is 0 Å². The van der Waals surface area contributed by atoms with Crippen LogP contribution < -0.4 is 0 Å². The fraction of sp³-hybridized carbons (Fsp3) is 0.714. The summed E-state index contributed by atoms with van der Waals surface area (Å²) in [6.45, 7) is 5.77. The molecule has 1 saturated carbocycles. The van der Waals surface area contributed by atoms with E-state index in [0.29, 0.717) is 25.0 Å². The minimum atomic E-state index is 0.175. The highest BCUT2D eigenvalue weighted by atomic mass is 16.5. The summed E-state index contributed by atoms with van der Waals surface area (Å²) in [6.07, 6.45) is 6.63. The van der Waals surface area contributed by atoms with Crippen molar-refractivity contribution in [1.82, 2.24) is 9.88 Å². The topological polar surface area (TPSA) is 51.7 Å². The lowest BCUT2D eigenvalue weighted by atomic mass is 9.76. The van der Waals surface area contributed by atoms with Gasteiger partial charge in [-0.2, -0.15) is 0 Å². The third-order valence-corrected chi connectivity index (χ3v) is 6.12. The number of hydrogen-bond donors (Lipinski definition) is 0. The molecule has 0 N–H and O–H groups in total. The zero-order valence-electron chi connectivity index (χ0n) is 15.8. The third kappa shape index (κ3) is 4.44. The van der Waals surface area contributed by atoms with E-state index < -0.39 is 0 Å². The Hall–Kier alpha value is -1.46. The zero-order valence-corrected chi connectivity index (χ0v) is 15.8. The quantitative estimate of drug-likeness (QED) is 0.784. The Kier molecular flexibility index (Phi) is 5.28. The molecule has 1 atom stereocenters. The van der Waals surface area contributed by atoms with E-state index in [4.69, 9.17) is 9.47 Å². The van der Waals surface area contributed by atoms with E-state index in [1.165, 1.54) is 12.8 Å². The van der Waals surface area contributed by atoms with Crippen molar-refractivity contribution in [3.8, 4) is 0 Å². The number of carbonyl (C=O) groups excluding carboxylic acids is 1. The smallest absolute Gasteiger partial charge is 0.222 e. The summed E-state index contributed by atoms with van der Waals surface area (Å²) in [5.41, 5.74) is 2.25. The molecule has 1 unspecified atom stereocenters. The van der Waals surface area contributed by atoms with E-state index >= 15 is 0 Å². The average molecular weight is 358 g/mol. The minimum absolute atomic E-state index is 0.175. The van der Waals surface area contributed by atoms with E-state index in [-0.39, 0.29) is 11.5 Å². The summed E-state index contributed by atoms with van der Waals surface area (Å²) < 4.78 is 11.9.